The van der Waals surface area contributed by atoms with E-state index in [0.29, 0.717) is 10.8 Å². The Morgan fingerprint density at radius 3 is 2.68 bits per heavy atom. The zero-order valence-electron chi connectivity index (χ0n) is 15.1. The Hall–Kier alpha value is -1.40. The van der Waals surface area contributed by atoms with Crippen molar-refractivity contribution in [3.8, 4) is 0 Å². The van der Waals surface area contributed by atoms with Gasteiger partial charge in [0.2, 0.25) is 15.9 Å². The molecule has 2 aliphatic heterocycles. The molecule has 1 aromatic rings. The third-order valence-corrected chi connectivity index (χ3v) is 8.37. The Morgan fingerprint density at radius 1 is 1.20 bits per heavy atom. The Morgan fingerprint density at radius 2 is 1.92 bits per heavy atom. The van der Waals surface area contributed by atoms with Crippen LogP contribution in [0, 0.1) is 5.92 Å². The lowest BCUT2D eigenvalue weighted by molar-refractivity contribution is -0.119. The molecule has 1 aromatic carbocycles. The molecular weight excluding hydrogens is 336 g/mol. The van der Waals surface area contributed by atoms with Gasteiger partial charge in [-0.25, -0.2) is 8.42 Å². The maximum Gasteiger partial charge on any atom is 0.243 e. The number of fused-ring (bicyclic) bond motifs is 2. The maximum absolute atomic E-state index is 13.4. The molecule has 0 spiro atoms. The zero-order valence-corrected chi connectivity index (χ0v) is 15.9. The monoisotopic (exact) mass is 362 g/mol. The summed E-state index contributed by atoms with van der Waals surface area (Å²) in [6.45, 7) is 5.69. The smallest absolute Gasteiger partial charge is 0.243 e. The van der Waals surface area contributed by atoms with E-state index in [4.69, 9.17) is 0 Å². The fraction of sp³-hybridized carbons (Fsp3) is 0.632. The van der Waals surface area contributed by atoms with E-state index in [1.165, 1.54) is 6.42 Å². The zero-order chi connectivity index (χ0) is 18.0. The van der Waals surface area contributed by atoms with Crippen LogP contribution >= 0.6 is 0 Å². The van der Waals surface area contributed by atoms with E-state index in [2.05, 4.69) is 5.32 Å². The highest BCUT2D eigenvalue weighted by Crippen LogP contribution is 2.44. The summed E-state index contributed by atoms with van der Waals surface area (Å²) < 4.78 is 28.6. The number of sulfonamides is 1. The molecule has 1 amide bonds. The van der Waals surface area contributed by atoms with Gasteiger partial charge >= 0.3 is 0 Å². The predicted molar refractivity (Wildman–Crippen MR) is 96.9 cm³/mol. The van der Waals surface area contributed by atoms with E-state index >= 15 is 0 Å². The summed E-state index contributed by atoms with van der Waals surface area (Å²) >= 11 is 0. The highest BCUT2D eigenvalue weighted by Gasteiger charge is 2.47. The standard InChI is InChI=1S/C19H26N2O3S/c1-12-10-13-6-4-5-7-17(13)21(12)25(23,24)14-8-9-16-15(11-14)19(2,3)18(22)20-16/h8-9,11-13,17H,4-7,10H2,1-3H3,(H,20,22)/t12-,13+,17+/m1/s1. The van der Waals surface area contributed by atoms with E-state index in [-0.39, 0.29) is 18.0 Å². The van der Waals surface area contributed by atoms with Crippen LogP contribution in [0.1, 0.15) is 58.4 Å². The summed E-state index contributed by atoms with van der Waals surface area (Å²) in [7, 11) is -3.55. The van der Waals surface area contributed by atoms with Crippen LogP contribution in [0.25, 0.3) is 0 Å². The van der Waals surface area contributed by atoms with Gasteiger partial charge in [0.1, 0.15) is 0 Å². The van der Waals surface area contributed by atoms with Gasteiger partial charge in [0.15, 0.2) is 0 Å². The van der Waals surface area contributed by atoms with Crippen molar-refractivity contribution in [2.24, 2.45) is 5.92 Å². The number of carbonyl (C=O) groups excluding carboxylic acids is 1. The molecule has 0 unspecified atom stereocenters. The molecule has 3 aliphatic rings. The van der Waals surface area contributed by atoms with Crippen molar-refractivity contribution in [3.05, 3.63) is 23.8 Å². The molecule has 4 rings (SSSR count). The normalized spacial score (nSPS) is 31.5. The number of benzene rings is 1. The van der Waals surface area contributed by atoms with Gasteiger partial charge in [-0.15, -0.1) is 0 Å². The quantitative estimate of drug-likeness (QED) is 0.878. The summed E-state index contributed by atoms with van der Waals surface area (Å²) in [5, 5.41) is 2.84. The Balaban J connectivity index is 1.75. The number of rotatable bonds is 2. The molecular formula is C19H26N2O3S. The maximum atomic E-state index is 13.4. The average Bonchev–Trinajstić information content (AvgIpc) is 3.01. The third kappa shape index (κ3) is 2.45. The number of nitrogens with zero attached hydrogens (tertiary/aromatic N) is 1. The molecule has 0 aromatic heterocycles. The number of amides is 1. The van der Waals surface area contributed by atoms with Crippen LogP contribution in [0.4, 0.5) is 5.69 Å². The van der Waals surface area contributed by atoms with Crippen LogP contribution < -0.4 is 5.32 Å². The first-order valence-corrected chi connectivity index (χ1v) is 10.7. The second-order valence-electron chi connectivity index (χ2n) is 8.32. The molecule has 1 saturated heterocycles. The lowest BCUT2D eigenvalue weighted by Crippen LogP contribution is -2.42. The average molecular weight is 362 g/mol. The first-order chi connectivity index (χ1) is 11.7. The van der Waals surface area contributed by atoms with Gasteiger partial charge in [-0.1, -0.05) is 12.8 Å². The van der Waals surface area contributed by atoms with E-state index in [1.807, 2.05) is 20.8 Å². The minimum Gasteiger partial charge on any atom is -0.325 e. The summed E-state index contributed by atoms with van der Waals surface area (Å²) in [5.41, 5.74) is 0.787. The predicted octanol–water partition coefficient (Wildman–Crippen LogP) is 3.26. The molecule has 6 heteroatoms. The molecule has 3 atom stereocenters. The molecule has 1 saturated carbocycles. The van der Waals surface area contributed by atoms with Crippen molar-refractivity contribution in [1.29, 1.82) is 0 Å². The van der Waals surface area contributed by atoms with Crippen LogP contribution in [0.15, 0.2) is 23.1 Å². The number of hydrogen-bond acceptors (Lipinski definition) is 3. The summed E-state index contributed by atoms with van der Waals surface area (Å²) in [6, 6.07) is 5.24. The number of nitrogens with one attached hydrogen (secondary N) is 1. The van der Waals surface area contributed by atoms with Crippen molar-refractivity contribution in [2.45, 2.75) is 75.3 Å². The van der Waals surface area contributed by atoms with Crippen molar-refractivity contribution in [3.63, 3.8) is 0 Å². The SMILES string of the molecule is C[C@@H]1C[C@@H]2CCCC[C@@H]2N1S(=O)(=O)c1ccc2c(c1)C(C)(C)C(=O)N2. The van der Waals surface area contributed by atoms with Gasteiger partial charge in [-0.2, -0.15) is 4.31 Å². The van der Waals surface area contributed by atoms with Gasteiger partial charge in [0.05, 0.1) is 10.3 Å². The molecule has 1 N–H and O–H groups in total. The fourth-order valence-electron chi connectivity index (χ4n) is 4.91. The second-order valence-corrected chi connectivity index (χ2v) is 10.2. The van der Waals surface area contributed by atoms with Crippen LogP contribution in [0.3, 0.4) is 0 Å². The van der Waals surface area contributed by atoms with Gasteiger partial charge < -0.3 is 5.32 Å². The molecule has 5 nitrogen and oxygen atoms in total. The third-order valence-electron chi connectivity index (χ3n) is 6.33. The number of anilines is 1. The molecule has 25 heavy (non-hydrogen) atoms. The highest BCUT2D eigenvalue weighted by molar-refractivity contribution is 7.89. The minimum absolute atomic E-state index is 0.0409. The lowest BCUT2D eigenvalue weighted by atomic mass is 9.85. The fourth-order valence-corrected chi connectivity index (χ4v) is 6.86. The molecule has 0 bridgehead atoms. The summed E-state index contributed by atoms with van der Waals surface area (Å²) in [5.74, 6) is 0.409. The van der Waals surface area contributed by atoms with Gasteiger partial charge in [-0.3, -0.25) is 4.79 Å². The lowest BCUT2D eigenvalue weighted by Gasteiger charge is -2.32. The van der Waals surface area contributed by atoms with Crippen molar-refractivity contribution in [1.82, 2.24) is 4.31 Å². The van der Waals surface area contributed by atoms with Crippen LogP contribution in [-0.4, -0.2) is 30.7 Å². The Kier molecular flexibility index (Phi) is 3.78. The molecule has 0 radical (unpaired) electrons. The topological polar surface area (TPSA) is 66.5 Å². The van der Waals surface area contributed by atoms with Crippen molar-refractivity contribution >= 4 is 21.6 Å². The van der Waals surface area contributed by atoms with Crippen molar-refractivity contribution < 1.29 is 13.2 Å². The molecule has 2 fully saturated rings. The Bertz CT molecular complexity index is 831. The van der Waals surface area contributed by atoms with Crippen molar-refractivity contribution in [2.75, 3.05) is 5.32 Å². The first-order valence-electron chi connectivity index (χ1n) is 9.22. The summed E-state index contributed by atoms with van der Waals surface area (Å²) in [6.07, 6.45) is 5.37. The van der Waals surface area contributed by atoms with Gasteiger partial charge in [0.25, 0.3) is 0 Å². The van der Waals surface area contributed by atoms with E-state index in [9.17, 15) is 13.2 Å². The molecule has 1 aliphatic carbocycles. The highest BCUT2D eigenvalue weighted by atomic mass is 32.2. The Labute approximate surface area is 149 Å². The van der Waals surface area contributed by atoms with E-state index in [0.717, 1.165) is 36.9 Å². The largest absolute Gasteiger partial charge is 0.325 e. The molecule has 2 heterocycles. The number of carbonyl (C=O) groups is 1. The van der Waals surface area contributed by atoms with E-state index < -0.39 is 15.4 Å². The molecule has 136 valence electrons. The summed E-state index contributed by atoms with van der Waals surface area (Å²) in [4.78, 5) is 12.5. The van der Waals surface area contributed by atoms with Gasteiger partial charge in [0, 0.05) is 17.8 Å². The minimum atomic E-state index is -3.55. The first kappa shape index (κ1) is 17.0. The second kappa shape index (κ2) is 5.55. The van der Waals surface area contributed by atoms with Gasteiger partial charge in [-0.05, 0) is 69.7 Å². The number of hydrogen-bond donors (Lipinski definition) is 1. The van der Waals surface area contributed by atoms with Crippen LogP contribution in [0.5, 0.6) is 0 Å². The van der Waals surface area contributed by atoms with E-state index in [1.54, 1.807) is 22.5 Å². The van der Waals surface area contributed by atoms with Crippen LogP contribution in [-0.2, 0) is 20.2 Å². The van der Waals surface area contributed by atoms with Crippen LogP contribution in [0.2, 0.25) is 0 Å².